The topological polar surface area (TPSA) is 67.8 Å². The molecule has 21 heavy (non-hydrogen) atoms. The number of hydrogen-bond acceptors (Lipinski definition) is 5. The largest absolute Gasteiger partial charge is 0.480 e. The Morgan fingerprint density at radius 2 is 1.81 bits per heavy atom. The number of nitrogens with one attached hydrogen (secondary N) is 1. The molecule has 0 fully saturated rings. The molecule has 0 atom stereocenters. The Morgan fingerprint density at radius 3 is 2.33 bits per heavy atom. The Bertz CT molecular complexity index is 542. The Balaban J connectivity index is 2.97. The van der Waals surface area contributed by atoms with Crippen LogP contribution < -0.4 is 5.32 Å². The van der Waals surface area contributed by atoms with E-state index in [0.717, 1.165) is 0 Å². The molecule has 0 aliphatic heterocycles. The summed E-state index contributed by atoms with van der Waals surface area (Å²) in [6, 6.07) is 6.72. The van der Waals surface area contributed by atoms with Crippen molar-refractivity contribution in [2.24, 2.45) is 0 Å². The summed E-state index contributed by atoms with van der Waals surface area (Å²) in [4.78, 5) is 11.9. The predicted molar refractivity (Wildman–Crippen MR) is 85.6 cm³/mol. The zero-order valence-corrected chi connectivity index (χ0v) is 13.3. The van der Waals surface area contributed by atoms with Gasteiger partial charge in [-0.25, -0.2) is 4.79 Å². The number of esters is 1. The van der Waals surface area contributed by atoms with Gasteiger partial charge in [0.15, 0.2) is 5.57 Å². The molecule has 7 heteroatoms. The number of ether oxygens (including phenoxy) is 2. The van der Waals surface area contributed by atoms with Crippen molar-refractivity contribution >= 4 is 40.5 Å². The molecule has 1 aromatic carbocycles. The molecule has 0 heterocycles. The molecule has 0 aromatic heterocycles. The molecule has 0 spiro atoms. The molecule has 1 aromatic rings. The van der Waals surface area contributed by atoms with Crippen molar-refractivity contribution < 1.29 is 19.4 Å². The van der Waals surface area contributed by atoms with E-state index in [1.54, 1.807) is 38.1 Å². The molecular weight excluding hydrogens is 314 g/mol. The quantitative estimate of drug-likeness (QED) is 0.360. The molecule has 0 saturated carbocycles. The summed E-state index contributed by atoms with van der Waals surface area (Å²) in [6.07, 6.45) is 0. The highest BCUT2D eigenvalue weighted by Gasteiger charge is 2.23. The molecule has 2 N–H and O–H groups in total. The van der Waals surface area contributed by atoms with Crippen molar-refractivity contribution in [1.29, 1.82) is 0 Å². The lowest BCUT2D eigenvalue weighted by molar-refractivity contribution is -0.138. The third-order valence-corrected chi connectivity index (χ3v) is 2.86. The minimum Gasteiger partial charge on any atom is -0.480 e. The van der Waals surface area contributed by atoms with E-state index < -0.39 is 11.9 Å². The third kappa shape index (κ3) is 5.24. The number of anilines is 1. The summed E-state index contributed by atoms with van der Waals surface area (Å²) in [5, 5.41) is 13.2. The second kappa shape index (κ2) is 8.49. The molecule has 0 bridgehead atoms. The fourth-order valence-corrected chi connectivity index (χ4v) is 1.83. The number of carbonyl (C=O) groups excluding carboxylic acids is 1. The van der Waals surface area contributed by atoms with Gasteiger partial charge in [0, 0.05) is 10.7 Å². The van der Waals surface area contributed by atoms with Gasteiger partial charge in [0.1, 0.15) is 4.99 Å². The average Bonchev–Trinajstić information content (AvgIpc) is 2.42. The van der Waals surface area contributed by atoms with Crippen LogP contribution >= 0.6 is 23.8 Å². The number of hydrogen-bond donors (Lipinski definition) is 2. The van der Waals surface area contributed by atoms with E-state index in [0.29, 0.717) is 10.7 Å². The molecular formula is C14H16ClNO4S. The summed E-state index contributed by atoms with van der Waals surface area (Å²) in [5.41, 5.74) is 0.402. The number of thiocarbonyl (C=S) groups is 1. The lowest BCUT2D eigenvalue weighted by Crippen LogP contribution is -2.23. The van der Waals surface area contributed by atoms with Gasteiger partial charge >= 0.3 is 5.97 Å². The van der Waals surface area contributed by atoms with Gasteiger partial charge in [-0.1, -0.05) is 23.8 Å². The fraction of sp³-hybridized carbons (Fsp3) is 0.286. The van der Waals surface area contributed by atoms with Crippen LogP contribution in [-0.2, 0) is 14.3 Å². The van der Waals surface area contributed by atoms with Gasteiger partial charge < -0.3 is 19.9 Å². The van der Waals surface area contributed by atoms with Crippen molar-refractivity contribution in [1.82, 2.24) is 0 Å². The van der Waals surface area contributed by atoms with E-state index in [2.05, 4.69) is 5.32 Å². The number of rotatable bonds is 6. The second-order valence-corrected chi connectivity index (χ2v) is 4.64. The van der Waals surface area contributed by atoms with Crippen molar-refractivity contribution in [3.8, 4) is 0 Å². The maximum Gasteiger partial charge on any atom is 0.348 e. The van der Waals surface area contributed by atoms with Crippen molar-refractivity contribution in [3.63, 3.8) is 0 Å². The first kappa shape index (κ1) is 17.3. The summed E-state index contributed by atoms with van der Waals surface area (Å²) in [5.74, 6) is -1.32. The minimum absolute atomic E-state index is 0.00159. The summed E-state index contributed by atoms with van der Waals surface area (Å²) < 4.78 is 9.80. The number of aliphatic hydroxyl groups is 1. The van der Waals surface area contributed by atoms with Crippen LogP contribution in [0.3, 0.4) is 0 Å². The van der Waals surface area contributed by atoms with Crippen molar-refractivity contribution in [3.05, 3.63) is 40.8 Å². The summed E-state index contributed by atoms with van der Waals surface area (Å²) in [7, 11) is 0. The molecule has 0 radical (unpaired) electrons. The molecule has 0 unspecified atom stereocenters. The minimum atomic E-state index is -0.755. The summed E-state index contributed by atoms with van der Waals surface area (Å²) >= 11 is 10.9. The Labute approximate surface area is 133 Å². The van der Waals surface area contributed by atoms with Gasteiger partial charge in [-0.3, -0.25) is 0 Å². The molecule has 5 nitrogen and oxygen atoms in total. The number of halogens is 1. The SMILES string of the molecule is CCOC(=O)C(C(=S)Nc1ccc(Cl)cc1)=C(O)OCC. The maximum atomic E-state index is 11.9. The Kier molecular flexibility index (Phi) is 6.98. The highest BCUT2D eigenvalue weighted by atomic mass is 35.5. The summed E-state index contributed by atoms with van der Waals surface area (Å²) in [6.45, 7) is 3.68. The zero-order valence-electron chi connectivity index (χ0n) is 11.7. The van der Waals surface area contributed by atoms with Crippen LogP contribution in [0.1, 0.15) is 13.8 Å². The maximum absolute atomic E-state index is 11.9. The lowest BCUT2D eigenvalue weighted by Gasteiger charge is -2.13. The smallest absolute Gasteiger partial charge is 0.348 e. The molecule has 0 amide bonds. The van der Waals surface area contributed by atoms with E-state index >= 15 is 0 Å². The molecule has 0 aliphatic rings. The van der Waals surface area contributed by atoms with Gasteiger partial charge in [-0.15, -0.1) is 0 Å². The first-order valence-electron chi connectivity index (χ1n) is 6.29. The van der Waals surface area contributed by atoms with Crippen LogP contribution in [0.5, 0.6) is 0 Å². The van der Waals surface area contributed by atoms with Gasteiger partial charge in [-0.2, -0.15) is 0 Å². The third-order valence-electron chi connectivity index (χ3n) is 2.30. The van der Waals surface area contributed by atoms with E-state index in [-0.39, 0.29) is 23.8 Å². The normalized spacial score (nSPS) is 11.4. The van der Waals surface area contributed by atoms with Crippen LogP contribution in [0.2, 0.25) is 5.02 Å². The van der Waals surface area contributed by atoms with Crippen molar-refractivity contribution in [2.75, 3.05) is 18.5 Å². The monoisotopic (exact) mass is 329 g/mol. The first-order chi connectivity index (χ1) is 9.99. The van der Waals surface area contributed by atoms with E-state index in [1.807, 2.05) is 0 Å². The Hall–Kier alpha value is -1.79. The number of carbonyl (C=O) groups is 1. The van der Waals surface area contributed by atoms with Crippen LogP contribution in [0, 0.1) is 0 Å². The molecule has 1 rings (SSSR count). The first-order valence-corrected chi connectivity index (χ1v) is 7.08. The highest BCUT2D eigenvalue weighted by Crippen LogP contribution is 2.16. The molecule has 114 valence electrons. The van der Waals surface area contributed by atoms with Crippen LogP contribution in [-0.4, -0.2) is 29.3 Å². The second-order valence-electron chi connectivity index (χ2n) is 3.79. The van der Waals surface area contributed by atoms with Gasteiger partial charge in [0.05, 0.1) is 13.2 Å². The lowest BCUT2D eigenvalue weighted by atomic mass is 10.2. The average molecular weight is 330 g/mol. The number of benzene rings is 1. The van der Waals surface area contributed by atoms with E-state index in [9.17, 15) is 9.90 Å². The van der Waals surface area contributed by atoms with Gasteiger partial charge in [0.25, 0.3) is 5.95 Å². The molecule has 0 saturated heterocycles. The predicted octanol–water partition coefficient (Wildman–Crippen LogP) is 3.45. The van der Waals surface area contributed by atoms with Crippen LogP contribution in [0.4, 0.5) is 5.69 Å². The Morgan fingerprint density at radius 1 is 1.24 bits per heavy atom. The van der Waals surface area contributed by atoms with Crippen LogP contribution in [0.15, 0.2) is 35.8 Å². The number of aliphatic hydroxyl groups excluding tert-OH is 1. The van der Waals surface area contributed by atoms with Gasteiger partial charge in [0.2, 0.25) is 0 Å². The molecule has 0 aliphatic carbocycles. The van der Waals surface area contributed by atoms with Crippen molar-refractivity contribution in [2.45, 2.75) is 13.8 Å². The van der Waals surface area contributed by atoms with E-state index in [1.165, 1.54) is 0 Å². The highest BCUT2D eigenvalue weighted by molar-refractivity contribution is 7.81. The van der Waals surface area contributed by atoms with Crippen LogP contribution in [0.25, 0.3) is 0 Å². The standard InChI is InChI=1S/C14H16ClNO4S/c1-3-19-13(17)11(14(18)20-4-2)12(21)16-10-7-5-9(15)6-8-10/h5-8,17H,3-4H2,1-2H3,(H,16,21). The van der Waals surface area contributed by atoms with Gasteiger partial charge in [-0.05, 0) is 38.1 Å². The van der Waals surface area contributed by atoms with E-state index in [4.69, 9.17) is 33.3 Å². The fourth-order valence-electron chi connectivity index (χ4n) is 1.42. The zero-order chi connectivity index (χ0) is 15.8.